The predicted octanol–water partition coefficient (Wildman–Crippen LogP) is 2.95. The van der Waals surface area contributed by atoms with Crippen molar-refractivity contribution in [3.05, 3.63) is 29.8 Å². The second kappa shape index (κ2) is 4.93. The van der Waals surface area contributed by atoms with Gasteiger partial charge in [-0.15, -0.1) is 0 Å². The molecule has 1 aliphatic carbocycles. The lowest BCUT2D eigenvalue weighted by molar-refractivity contribution is 0.344. The van der Waals surface area contributed by atoms with E-state index in [1.165, 1.54) is 43.5 Å². The number of nitrogens with two attached hydrogens (primary N) is 1. The summed E-state index contributed by atoms with van der Waals surface area (Å²) in [5.41, 5.74) is 8.94. The van der Waals surface area contributed by atoms with Crippen molar-refractivity contribution in [2.24, 2.45) is 17.6 Å². The average Bonchev–Trinajstić information content (AvgIpc) is 3.12. The Morgan fingerprint density at radius 1 is 1.22 bits per heavy atom. The van der Waals surface area contributed by atoms with Crippen LogP contribution in [0.3, 0.4) is 0 Å². The highest BCUT2D eigenvalue weighted by Crippen LogP contribution is 2.38. The zero-order valence-electron chi connectivity index (χ0n) is 11.3. The summed E-state index contributed by atoms with van der Waals surface area (Å²) in [6.45, 7) is 4.38. The molecule has 2 heteroatoms. The third-order valence-electron chi connectivity index (χ3n) is 4.30. The van der Waals surface area contributed by atoms with Gasteiger partial charge in [-0.3, -0.25) is 0 Å². The first kappa shape index (κ1) is 12.0. The van der Waals surface area contributed by atoms with Gasteiger partial charge in [0.2, 0.25) is 0 Å². The SMILES string of the molecule is Cc1cccc(N2CC(N)CC(CC3CC3)C2)c1. The van der Waals surface area contributed by atoms with Crippen LogP contribution in [0.1, 0.15) is 31.2 Å². The van der Waals surface area contributed by atoms with Gasteiger partial charge in [0.1, 0.15) is 0 Å². The Labute approximate surface area is 110 Å². The number of rotatable bonds is 3. The van der Waals surface area contributed by atoms with Crippen molar-refractivity contribution in [1.29, 1.82) is 0 Å². The molecule has 1 aromatic rings. The van der Waals surface area contributed by atoms with Gasteiger partial charge >= 0.3 is 0 Å². The van der Waals surface area contributed by atoms with Crippen LogP contribution in [0, 0.1) is 18.8 Å². The molecule has 1 aromatic carbocycles. The highest BCUT2D eigenvalue weighted by molar-refractivity contribution is 5.49. The summed E-state index contributed by atoms with van der Waals surface area (Å²) in [5.74, 6) is 1.82. The molecule has 98 valence electrons. The Kier molecular flexibility index (Phi) is 3.29. The molecule has 0 radical (unpaired) electrons. The Morgan fingerprint density at radius 3 is 2.78 bits per heavy atom. The van der Waals surface area contributed by atoms with Gasteiger partial charge in [0.25, 0.3) is 0 Å². The molecule has 1 heterocycles. The maximum Gasteiger partial charge on any atom is 0.0369 e. The Hall–Kier alpha value is -1.02. The van der Waals surface area contributed by atoms with Gasteiger partial charge in [0, 0.05) is 24.8 Å². The van der Waals surface area contributed by atoms with Crippen LogP contribution in [0.2, 0.25) is 0 Å². The van der Waals surface area contributed by atoms with Crippen molar-refractivity contribution in [1.82, 2.24) is 0 Å². The van der Waals surface area contributed by atoms with Gasteiger partial charge in [-0.05, 0) is 49.3 Å². The number of aryl methyl sites for hydroxylation is 1. The van der Waals surface area contributed by atoms with Crippen molar-refractivity contribution in [3.8, 4) is 0 Å². The number of piperidine rings is 1. The molecule has 2 atom stereocenters. The van der Waals surface area contributed by atoms with Crippen LogP contribution in [-0.4, -0.2) is 19.1 Å². The lowest BCUT2D eigenvalue weighted by Crippen LogP contribution is -2.47. The van der Waals surface area contributed by atoms with Crippen LogP contribution >= 0.6 is 0 Å². The molecule has 2 unspecified atom stereocenters. The summed E-state index contributed by atoms with van der Waals surface area (Å²) in [4.78, 5) is 2.49. The van der Waals surface area contributed by atoms with E-state index in [1.807, 2.05) is 0 Å². The average molecular weight is 244 g/mol. The third-order valence-corrected chi connectivity index (χ3v) is 4.30. The maximum atomic E-state index is 6.25. The zero-order valence-corrected chi connectivity index (χ0v) is 11.3. The molecule has 1 aliphatic heterocycles. The molecule has 0 aromatic heterocycles. The van der Waals surface area contributed by atoms with Crippen LogP contribution < -0.4 is 10.6 Å². The van der Waals surface area contributed by atoms with E-state index in [-0.39, 0.29) is 0 Å². The molecule has 3 rings (SSSR count). The van der Waals surface area contributed by atoms with Crippen molar-refractivity contribution >= 4 is 5.69 Å². The summed E-state index contributed by atoms with van der Waals surface area (Å²) < 4.78 is 0. The van der Waals surface area contributed by atoms with E-state index in [4.69, 9.17) is 5.73 Å². The van der Waals surface area contributed by atoms with Gasteiger partial charge < -0.3 is 10.6 Å². The predicted molar refractivity (Wildman–Crippen MR) is 76.8 cm³/mol. The Morgan fingerprint density at radius 2 is 2.06 bits per heavy atom. The normalized spacial score (nSPS) is 28.4. The second-order valence-electron chi connectivity index (χ2n) is 6.28. The monoisotopic (exact) mass is 244 g/mol. The first-order valence-corrected chi connectivity index (χ1v) is 7.28. The van der Waals surface area contributed by atoms with Gasteiger partial charge in [-0.2, -0.15) is 0 Å². The van der Waals surface area contributed by atoms with Gasteiger partial charge in [-0.25, -0.2) is 0 Å². The minimum absolute atomic E-state index is 0.350. The molecule has 2 nitrogen and oxygen atoms in total. The topological polar surface area (TPSA) is 29.3 Å². The molecule has 0 spiro atoms. The molecule has 18 heavy (non-hydrogen) atoms. The molecule has 1 saturated heterocycles. The molecule has 2 fully saturated rings. The second-order valence-corrected chi connectivity index (χ2v) is 6.28. The Balaban J connectivity index is 1.70. The van der Waals surface area contributed by atoms with Crippen molar-refractivity contribution in [3.63, 3.8) is 0 Å². The number of hydrogen-bond donors (Lipinski definition) is 1. The van der Waals surface area contributed by atoms with Crippen LogP contribution in [0.15, 0.2) is 24.3 Å². The van der Waals surface area contributed by atoms with Crippen LogP contribution in [-0.2, 0) is 0 Å². The minimum atomic E-state index is 0.350. The molecule has 0 amide bonds. The molecule has 2 N–H and O–H groups in total. The fourth-order valence-corrected chi connectivity index (χ4v) is 3.28. The third kappa shape index (κ3) is 2.86. The van der Waals surface area contributed by atoms with Crippen LogP contribution in [0.5, 0.6) is 0 Å². The first-order chi connectivity index (χ1) is 8.70. The molecule has 1 saturated carbocycles. The molecular weight excluding hydrogens is 220 g/mol. The highest BCUT2D eigenvalue weighted by Gasteiger charge is 2.31. The van der Waals surface area contributed by atoms with Crippen LogP contribution in [0.4, 0.5) is 5.69 Å². The maximum absolute atomic E-state index is 6.25. The van der Waals surface area contributed by atoms with E-state index in [9.17, 15) is 0 Å². The molecular formula is C16H24N2. The summed E-state index contributed by atoms with van der Waals surface area (Å²) in [7, 11) is 0. The van der Waals surface area contributed by atoms with Crippen molar-refractivity contribution < 1.29 is 0 Å². The van der Waals surface area contributed by atoms with Crippen LogP contribution in [0.25, 0.3) is 0 Å². The largest absolute Gasteiger partial charge is 0.370 e. The van der Waals surface area contributed by atoms with Crippen molar-refractivity contribution in [2.75, 3.05) is 18.0 Å². The van der Waals surface area contributed by atoms with Gasteiger partial charge in [0.05, 0.1) is 0 Å². The summed E-state index contributed by atoms with van der Waals surface area (Å²) >= 11 is 0. The fourth-order valence-electron chi connectivity index (χ4n) is 3.28. The number of benzene rings is 1. The molecule has 2 aliphatic rings. The van der Waals surface area contributed by atoms with E-state index in [0.717, 1.165) is 18.4 Å². The van der Waals surface area contributed by atoms with E-state index in [2.05, 4.69) is 36.1 Å². The fraction of sp³-hybridized carbons (Fsp3) is 0.625. The number of hydrogen-bond acceptors (Lipinski definition) is 2. The zero-order chi connectivity index (χ0) is 12.5. The van der Waals surface area contributed by atoms with Gasteiger partial charge in [-0.1, -0.05) is 25.0 Å². The Bertz CT molecular complexity index is 409. The highest BCUT2D eigenvalue weighted by atomic mass is 15.2. The summed E-state index contributed by atoms with van der Waals surface area (Å²) in [5, 5.41) is 0. The first-order valence-electron chi connectivity index (χ1n) is 7.28. The minimum Gasteiger partial charge on any atom is -0.370 e. The van der Waals surface area contributed by atoms with Gasteiger partial charge in [0.15, 0.2) is 0 Å². The van der Waals surface area contributed by atoms with E-state index in [0.29, 0.717) is 6.04 Å². The number of anilines is 1. The number of nitrogens with zero attached hydrogens (tertiary/aromatic N) is 1. The lowest BCUT2D eigenvalue weighted by atomic mass is 9.90. The van der Waals surface area contributed by atoms with E-state index in [1.54, 1.807) is 0 Å². The lowest BCUT2D eigenvalue weighted by Gasteiger charge is -2.38. The smallest absolute Gasteiger partial charge is 0.0369 e. The van der Waals surface area contributed by atoms with Crippen molar-refractivity contribution in [2.45, 2.75) is 38.6 Å². The summed E-state index contributed by atoms with van der Waals surface area (Å²) in [6.07, 6.45) is 5.53. The molecule has 0 bridgehead atoms. The summed E-state index contributed by atoms with van der Waals surface area (Å²) in [6, 6.07) is 9.17. The quantitative estimate of drug-likeness (QED) is 0.885. The van der Waals surface area contributed by atoms with E-state index >= 15 is 0 Å². The standard InChI is InChI=1S/C16H24N2/c1-12-3-2-4-16(7-12)18-10-14(8-13-5-6-13)9-15(17)11-18/h2-4,7,13-15H,5-6,8-11,17H2,1H3. The van der Waals surface area contributed by atoms with E-state index < -0.39 is 0 Å².